The molecule has 0 radical (unpaired) electrons. The number of Topliss-reactive ketones (excluding diaryl/α,β-unsaturated/α-hetero) is 1. The van der Waals surface area contributed by atoms with Gasteiger partial charge in [0.05, 0.1) is 35.9 Å². The zero-order valence-corrected chi connectivity index (χ0v) is 20.6. The molecule has 0 aliphatic heterocycles. The van der Waals surface area contributed by atoms with Crippen molar-refractivity contribution in [3.05, 3.63) is 81.6 Å². The first-order valence-electron chi connectivity index (χ1n) is 10.5. The molecule has 2 N–H and O–H groups in total. The van der Waals surface area contributed by atoms with Crippen molar-refractivity contribution >= 4 is 34.9 Å². The number of halogens is 2. The molecule has 1 amide bonds. The summed E-state index contributed by atoms with van der Waals surface area (Å²) in [4.78, 5) is 29.5. The zero-order valence-electron chi connectivity index (χ0n) is 19.1. The number of pyridine rings is 1. The number of nitrogens with one attached hydrogen (secondary N) is 1. The molecule has 1 heterocycles. The summed E-state index contributed by atoms with van der Waals surface area (Å²) in [5.74, 6) is -0.349. The van der Waals surface area contributed by atoms with E-state index in [0.29, 0.717) is 16.9 Å². The summed E-state index contributed by atoms with van der Waals surface area (Å²) in [6.45, 7) is -0.436. The highest BCUT2D eigenvalue weighted by Crippen LogP contribution is 2.41. The Morgan fingerprint density at radius 3 is 2.31 bits per heavy atom. The Labute approximate surface area is 212 Å². The molecule has 1 aromatic heterocycles. The second kappa shape index (κ2) is 12.4. The van der Waals surface area contributed by atoms with E-state index in [1.165, 1.54) is 32.7 Å². The van der Waals surface area contributed by atoms with Crippen molar-refractivity contribution in [3.63, 3.8) is 0 Å². The number of aliphatic hydroxyl groups is 1. The Balaban J connectivity index is 1.77. The molecule has 35 heavy (non-hydrogen) atoms. The monoisotopic (exact) mass is 518 g/mol. The van der Waals surface area contributed by atoms with E-state index in [1.807, 2.05) is 6.07 Å². The fourth-order valence-electron chi connectivity index (χ4n) is 3.32. The Bertz CT molecular complexity index is 1170. The molecule has 0 unspecified atom stereocenters. The third-order valence-electron chi connectivity index (χ3n) is 5.11. The maximum Gasteiger partial charge on any atom is 0.258 e. The Morgan fingerprint density at radius 1 is 1.00 bits per heavy atom. The molecule has 2 aromatic carbocycles. The first kappa shape index (κ1) is 26.3. The number of ether oxygens (including phenoxy) is 3. The molecule has 3 rings (SSSR count). The molecule has 0 saturated heterocycles. The average Bonchev–Trinajstić information content (AvgIpc) is 2.87. The van der Waals surface area contributed by atoms with Crippen LogP contribution in [-0.2, 0) is 11.2 Å². The molecule has 0 aliphatic rings. The molecule has 0 aliphatic carbocycles. The van der Waals surface area contributed by atoms with Crippen molar-refractivity contribution in [2.24, 2.45) is 0 Å². The predicted octanol–water partition coefficient (Wildman–Crippen LogP) is 4.06. The number of amides is 1. The van der Waals surface area contributed by atoms with Gasteiger partial charge in [-0.1, -0.05) is 53.5 Å². The van der Waals surface area contributed by atoms with Gasteiger partial charge < -0.3 is 24.6 Å². The lowest BCUT2D eigenvalue weighted by atomic mass is 10.0. The number of hydrogen-bond acceptors (Lipinski definition) is 7. The molecule has 0 spiro atoms. The van der Waals surface area contributed by atoms with Gasteiger partial charge in [-0.25, -0.2) is 0 Å². The van der Waals surface area contributed by atoms with E-state index >= 15 is 0 Å². The summed E-state index contributed by atoms with van der Waals surface area (Å²) in [7, 11) is 2.84. The number of carbonyl (C=O) groups excluding carboxylic acids is 2. The Kier molecular flexibility index (Phi) is 9.31. The van der Waals surface area contributed by atoms with Crippen molar-refractivity contribution in [3.8, 4) is 17.2 Å². The van der Waals surface area contributed by atoms with E-state index in [9.17, 15) is 14.7 Å². The average molecular weight is 519 g/mol. The lowest BCUT2D eigenvalue weighted by Crippen LogP contribution is -2.32. The summed E-state index contributed by atoms with van der Waals surface area (Å²) >= 11 is 12.3. The lowest BCUT2D eigenvalue weighted by Gasteiger charge is -2.18. The number of rotatable bonds is 11. The van der Waals surface area contributed by atoms with Gasteiger partial charge in [0, 0.05) is 30.9 Å². The molecular weight excluding hydrogens is 495 g/mol. The quantitative estimate of drug-likeness (QED) is 0.368. The summed E-state index contributed by atoms with van der Waals surface area (Å²) < 4.78 is 16.4. The van der Waals surface area contributed by atoms with Crippen molar-refractivity contribution in [2.45, 2.75) is 12.5 Å². The van der Waals surface area contributed by atoms with Gasteiger partial charge in [0.1, 0.15) is 0 Å². The second-order valence-corrected chi connectivity index (χ2v) is 8.19. The second-order valence-electron chi connectivity index (χ2n) is 7.38. The largest absolute Gasteiger partial charge is 0.493 e. The van der Waals surface area contributed by atoms with E-state index in [0.717, 1.165) is 0 Å². The predicted molar refractivity (Wildman–Crippen MR) is 132 cm³/mol. The van der Waals surface area contributed by atoms with Crippen LogP contribution in [0.4, 0.5) is 0 Å². The number of nitrogens with zero attached hydrogens (tertiary/aromatic N) is 1. The molecule has 1 atom stereocenters. The van der Waals surface area contributed by atoms with Crippen LogP contribution < -0.4 is 19.5 Å². The molecular formula is C25H24Cl2N2O6. The third-order valence-corrected chi connectivity index (χ3v) is 5.77. The summed E-state index contributed by atoms with van der Waals surface area (Å²) in [6.07, 6.45) is 1.80. The Hall–Kier alpha value is -3.33. The minimum atomic E-state index is -0.876. The van der Waals surface area contributed by atoms with Gasteiger partial charge in [0.2, 0.25) is 5.75 Å². The first-order chi connectivity index (χ1) is 16.8. The van der Waals surface area contributed by atoms with Gasteiger partial charge in [-0.15, -0.1) is 0 Å². The molecule has 8 nitrogen and oxygen atoms in total. The van der Waals surface area contributed by atoms with Crippen LogP contribution in [0.25, 0.3) is 0 Å². The molecule has 184 valence electrons. The molecule has 0 fully saturated rings. The van der Waals surface area contributed by atoms with E-state index in [1.54, 1.807) is 30.3 Å². The van der Waals surface area contributed by atoms with Crippen LogP contribution in [0.3, 0.4) is 0 Å². The van der Waals surface area contributed by atoms with Crippen LogP contribution in [0, 0.1) is 0 Å². The smallest absolute Gasteiger partial charge is 0.258 e. The number of aromatic nitrogens is 1. The molecule has 0 bridgehead atoms. The minimum absolute atomic E-state index is 0.00766. The SMILES string of the molecule is COc1ccc(C(=O)Cc2c(Cl)cncc2Cl)c(OCC(=O)NC[C@H](O)c2ccccc2)c1OC. The summed E-state index contributed by atoms with van der Waals surface area (Å²) in [6, 6.07) is 12.0. The van der Waals surface area contributed by atoms with Gasteiger partial charge in [0.25, 0.3) is 5.91 Å². The zero-order chi connectivity index (χ0) is 25.4. The highest BCUT2D eigenvalue weighted by atomic mass is 35.5. The number of carbonyl (C=O) groups is 2. The van der Waals surface area contributed by atoms with E-state index in [-0.39, 0.29) is 45.9 Å². The number of benzene rings is 2. The van der Waals surface area contributed by atoms with Crippen molar-refractivity contribution < 1.29 is 28.9 Å². The number of aliphatic hydroxyl groups excluding tert-OH is 1. The van der Waals surface area contributed by atoms with Crippen LogP contribution in [0.15, 0.2) is 54.9 Å². The van der Waals surface area contributed by atoms with Crippen LogP contribution in [-0.4, -0.2) is 49.2 Å². The number of methoxy groups -OCH3 is 2. The van der Waals surface area contributed by atoms with Gasteiger partial charge in [0.15, 0.2) is 23.9 Å². The van der Waals surface area contributed by atoms with E-state index < -0.39 is 18.6 Å². The molecule has 3 aromatic rings. The lowest BCUT2D eigenvalue weighted by molar-refractivity contribution is -0.123. The van der Waals surface area contributed by atoms with Crippen LogP contribution in [0.1, 0.15) is 27.6 Å². The topological polar surface area (TPSA) is 107 Å². The van der Waals surface area contributed by atoms with Crippen LogP contribution in [0.2, 0.25) is 10.0 Å². The maximum absolute atomic E-state index is 13.2. The maximum atomic E-state index is 13.2. The van der Waals surface area contributed by atoms with Crippen LogP contribution >= 0.6 is 23.2 Å². The van der Waals surface area contributed by atoms with Gasteiger partial charge in [-0.05, 0) is 17.7 Å². The van der Waals surface area contributed by atoms with Crippen molar-refractivity contribution in [1.82, 2.24) is 10.3 Å². The Morgan fingerprint density at radius 2 is 1.69 bits per heavy atom. The standard InChI is InChI=1S/C25H24Cl2N2O6/c1-33-22-9-8-16(20(30)10-17-18(26)11-28-12-19(17)27)24(25(22)34-2)35-14-23(32)29-13-21(31)15-6-4-3-5-7-15/h3-9,11-12,21,31H,10,13-14H2,1-2H3,(H,29,32)/t21-/m0/s1. The fourth-order valence-corrected chi connectivity index (χ4v) is 3.81. The summed E-state index contributed by atoms with van der Waals surface area (Å²) in [5, 5.41) is 13.4. The van der Waals surface area contributed by atoms with E-state index in [4.69, 9.17) is 37.4 Å². The van der Waals surface area contributed by atoms with Crippen LogP contribution in [0.5, 0.6) is 17.2 Å². The highest BCUT2D eigenvalue weighted by molar-refractivity contribution is 6.36. The molecule has 0 saturated carbocycles. The minimum Gasteiger partial charge on any atom is -0.493 e. The van der Waals surface area contributed by atoms with E-state index in [2.05, 4.69) is 10.3 Å². The fraction of sp³-hybridized carbons (Fsp3) is 0.240. The molecule has 10 heteroatoms. The number of hydrogen-bond donors (Lipinski definition) is 2. The third kappa shape index (κ3) is 6.63. The highest BCUT2D eigenvalue weighted by Gasteiger charge is 2.24. The van der Waals surface area contributed by atoms with Crippen molar-refractivity contribution in [1.29, 1.82) is 0 Å². The number of ketones is 1. The van der Waals surface area contributed by atoms with Gasteiger partial charge in [-0.3, -0.25) is 14.6 Å². The van der Waals surface area contributed by atoms with Gasteiger partial charge >= 0.3 is 0 Å². The van der Waals surface area contributed by atoms with Crippen molar-refractivity contribution in [2.75, 3.05) is 27.4 Å². The normalized spacial score (nSPS) is 11.5. The summed E-state index contributed by atoms with van der Waals surface area (Å²) in [5.41, 5.74) is 1.25. The first-order valence-corrected chi connectivity index (χ1v) is 11.3. The van der Waals surface area contributed by atoms with Gasteiger partial charge in [-0.2, -0.15) is 0 Å².